The molecule has 0 aliphatic carbocycles. The fraction of sp³-hybridized carbons (Fsp3) is 0.381. The highest BCUT2D eigenvalue weighted by Crippen LogP contribution is 2.27. The lowest BCUT2D eigenvalue weighted by molar-refractivity contribution is 0.220. The van der Waals surface area contributed by atoms with E-state index in [-0.39, 0.29) is 12.1 Å². The van der Waals surface area contributed by atoms with Gasteiger partial charge in [0, 0.05) is 18.1 Å². The number of ether oxygens (including phenoxy) is 1. The number of carbonyl (C=O) groups is 1. The summed E-state index contributed by atoms with van der Waals surface area (Å²) in [5, 5.41) is 6.58. The molecule has 5 nitrogen and oxygen atoms in total. The SMILES string of the molecule is COc1cccc(C(CNC(=O)NCc2cccc(Cl)c2)N2CCCC2)c1. The number of benzene rings is 2. The second-order valence-corrected chi connectivity index (χ2v) is 7.17. The number of likely N-dealkylation sites (tertiary alicyclic amines) is 1. The van der Waals surface area contributed by atoms with Crippen LogP contribution >= 0.6 is 11.6 Å². The molecule has 0 bridgehead atoms. The fourth-order valence-corrected chi connectivity index (χ4v) is 3.65. The van der Waals surface area contributed by atoms with Crippen LogP contribution in [0.4, 0.5) is 4.79 Å². The largest absolute Gasteiger partial charge is 0.497 e. The van der Waals surface area contributed by atoms with E-state index < -0.39 is 0 Å². The maximum Gasteiger partial charge on any atom is 0.315 e. The molecule has 1 unspecified atom stereocenters. The molecule has 2 aromatic carbocycles. The zero-order valence-corrected chi connectivity index (χ0v) is 16.3. The quantitative estimate of drug-likeness (QED) is 0.755. The Morgan fingerprint density at radius 2 is 1.93 bits per heavy atom. The van der Waals surface area contributed by atoms with Gasteiger partial charge < -0.3 is 15.4 Å². The number of carbonyl (C=O) groups excluding carboxylic acids is 1. The first-order valence-electron chi connectivity index (χ1n) is 9.30. The van der Waals surface area contributed by atoms with Gasteiger partial charge in [0.05, 0.1) is 13.2 Å². The number of amides is 2. The molecule has 2 amide bonds. The van der Waals surface area contributed by atoms with E-state index >= 15 is 0 Å². The summed E-state index contributed by atoms with van der Waals surface area (Å²) in [5.74, 6) is 0.835. The number of halogens is 1. The third-order valence-corrected chi connectivity index (χ3v) is 5.09. The lowest BCUT2D eigenvalue weighted by Gasteiger charge is -2.28. The zero-order chi connectivity index (χ0) is 19.1. The van der Waals surface area contributed by atoms with Gasteiger partial charge in [-0.15, -0.1) is 0 Å². The third-order valence-electron chi connectivity index (χ3n) is 4.86. The minimum Gasteiger partial charge on any atom is -0.497 e. The average molecular weight is 388 g/mol. The van der Waals surface area contributed by atoms with Gasteiger partial charge in [-0.2, -0.15) is 0 Å². The second-order valence-electron chi connectivity index (χ2n) is 6.73. The van der Waals surface area contributed by atoms with Crippen molar-refractivity contribution in [3.8, 4) is 5.75 Å². The Kier molecular flexibility index (Phi) is 6.96. The summed E-state index contributed by atoms with van der Waals surface area (Å²) >= 11 is 5.98. The topological polar surface area (TPSA) is 53.6 Å². The first kappa shape index (κ1) is 19.5. The Balaban J connectivity index is 1.59. The van der Waals surface area contributed by atoms with E-state index in [2.05, 4.69) is 27.7 Å². The second kappa shape index (κ2) is 9.62. The molecule has 6 heteroatoms. The standard InChI is InChI=1S/C21H26ClN3O2/c1-27-19-9-5-7-17(13-19)20(25-10-2-3-11-25)15-24-21(26)23-14-16-6-4-8-18(22)12-16/h4-9,12-13,20H,2-3,10-11,14-15H2,1H3,(H2,23,24,26). The summed E-state index contributed by atoms with van der Waals surface area (Å²) in [7, 11) is 1.67. The number of urea groups is 1. The van der Waals surface area contributed by atoms with Gasteiger partial charge in [0.15, 0.2) is 0 Å². The van der Waals surface area contributed by atoms with Gasteiger partial charge in [-0.1, -0.05) is 35.9 Å². The van der Waals surface area contributed by atoms with Crippen molar-refractivity contribution < 1.29 is 9.53 Å². The van der Waals surface area contributed by atoms with E-state index in [1.54, 1.807) is 7.11 Å². The van der Waals surface area contributed by atoms with E-state index in [1.807, 2.05) is 36.4 Å². The lowest BCUT2D eigenvalue weighted by atomic mass is 10.1. The van der Waals surface area contributed by atoms with Crippen LogP contribution in [0.15, 0.2) is 48.5 Å². The molecule has 3 rings (SSSR count). The van der Waals surface area contributed by atoms with Crippen LogP contribution < -0.4 is 15.4 Å². The molecule has 0 radical (unpaired) electrons. The first-order chi connectivity index (χ1) is 13.2. The summed E-state index contributed by atoms with van der Waals surface area (Å²) < 4.78 is 5.36. The van der Waals surface area contributed by atoms with Gasteiger partial charge in [0.1, 0.15) is 5.75 Å². The summed E-state index contributed by atoms with van der Waals surface area (Å²) in [6.07, 6.45) is 2.39. The van der Waals surface area contributed by atoms with Gasteiger partial charge in [0.25, 0.3) is 0 Å². The highest BCUT2D eigenvalue weighted by molar-refractivity contribution is 6.30. The Morgan fingerprint density at radius 1 is 1.15 bits per heavy atom. The number of hydrogen-bond acceptors (Lipinski definition) is 3. The van der Waals surface area contributed by atoms with Gasteiger partial charge in [-0.05, 0) is 61.3 Å². The van der Waals surface area contributed by atoms with Crippen LogP contribution in [-0.2, 0) is 6.54 Å². The number of nitrogens with one attached hydrogen (secondary N) is 2. The Hall–Kier alpha value is -2.24. The number of rotatable bonds is 7. The molecule has 1 saturated heterocycles. The zero-order valence-electron chi connectivity index (χ0n) is 15.6. The van der Waals surface area contributed by atoms with Crippen molar-refractivity contribution in [3.63, 3.8) is 0 Å². The van der Waals surface area contributed by atoms with E-state index in [0.717, 1.165) is 30.0 Å². The van der Waals surface area contributed by atoms with Crippen molar-refractivity contribution in [2.75, 3.05) is 26.7 Å². The summed E-state index contributed by atoms with van der Waals surface area (Å²) in [4.78, 5) is 14.7. The smallest absolute Gasteiger partial charge is 0.315 e. The van der Waals surface area contributed by atoms with Crippen molar-refractivity contribution in [3.05, 3.63) is 64.7 Å². The molecule has 2 aromatic rings. The van der Waals surface area contributed by atoms with Crippen molar-refractivity contribution >= 4 is 17.6 Å². The molecule has 1 aliphatic heterocycles. The minimum absolute atomic E-state index is 0.138. The van der Waals surface area contributed by atoms with Crippen LogP contribution in [0.1, 0.15) is 30.0 Å². The average Bonchev–Trinajstić information content (AvgIpc) is 3.21. The van der Waals surface area contributed by atoms with E-state index in [9.17, 15) is 4.79 Å². The first-order valence-corrected chi connectivity index (χ1v) is 9.67. The highest BCUT2D eigenvalue weighted by Gasteiger charge is 2.24. The molecule has 0 spiro atoms. The predicted molar refractivity (Wildman–Crippen MR) is 108 cm³/mol. The molecule has 1 atom stereocenters. The maximum absolute atomic E-state index is 12.3. The van der Waals surface area contributed by atoms with Crippen molar-refractivity contribution in [1.29, 1.82) is 0 Å². The van der Waals surface area contributed by atoms with Crippen LogP contribution in [0.3, 0.4) is 0 Å². The Labute approximate surface area is 165 Å². The number of methoxy groups -OCH3 is 1. The molecule has 1 aliphatic rings. The van der Waals surface area contributed by atoms with Crippen LogP contribution in [0.2, 0.25) is 5.02 Å². The number of hydrogen-bond donors (Lipinski definition) is 2. The minimum atomic E-state index is -0.179. The third kappa shape index (κ3) is 5.62. The highest BCUT2D eigenvalue weighted by atomic mass is 35.5. The van der Waals surface area contributed by atoms with Gasteiger partial charge in [-0.25, -0.2) is 4.79 Å². The molecular formula is C21H26ClN3O2. The van der Waals surface area contributed by atoms with E-state index in [1.165, 1.54) is 12.8 Å². The van der Waals surface area contributed by atoms with Crippen molar-refractivity contribution in [2.45, 2.75) is 25.4 Å². The normalized spacial score (nSPS) is 15.3. The van der Waals surface area contributed by atoms with Gasteiger partial charge >= 0.3 is 6.03 Å². The monoisotopic (exact) mass is 387 g/mol. The maximum atomic E-state index is 12.3. The van der Waals surface area contributed by atoms with Gasteiger partial charge in [0.2, 0.25) is 0 Å². The molecule has 144 valence electrons. The van der Waals surface area contributed by atoms with Crippen LogP contribution in [0, 0.1) is 0 Å². The van der Waals surface area contributed by atoms with Crippen LogP contribution in [0.25, 0.3) is 0 Å². The summed E-state index contributed by atoms with van der Waals surface area (Å²) in [5.41, 5.74) is 2.13. The van der Waals surface area contributed by atoms with E-state index in [4.69, 9.17) is 16.3 Å². The van der Waals surface area contributed by atoms with Crippen molar-refractivity contribution in [2.24, 2.45) is 0 Å². The Bertz CT molecular complexity index is 763. The molecule has 0 saturated carbocycles. The number of nitrogens with zero attached hydrogens (tertiary/aromatic N) is 1. The summed E-state index contributed by atoms with van der Waals surface area (Å²) in [6.45, 7) is 3.09. The van der Waals surface area contributed by atoms with Crippen LogP contribution in [-0.4, -0.2) is 37.7 Å². The van der Waals surface area contributed by atoms with E-state index in [0.29, 0.717) is 18.1 Å². The molecule has 1 heterocycles. The Morgan fingerprint density at radius 3 is 2.67 bits per heavy atom. The molecule has 27 heavy (non-hydrogen) atoms. The van der Waals surface area contributed by atoms with Gasteiger partial charge in [-0.3, -0.25) is 4.90 Å². The lowest BCUT2D eigenvalue weighted by Crippen LogP contribution is -2.41. The molecule has 0 aromatic heterocycles. The van der Waals surface area contributed by atoms with Crippen molar-refractivity contribution in [1.82, 2.24) is 15.5 Å². The summed E-state index contributed by atoms with van der Waals surface area (Å²) in [6, 6.07) is 15.5. The molecule has 1 fully saturated rings. The predicted octanol–water partition coefficient (Wildman–Crippen LogP) is 3.98. The molecule has 2 N–H and O–H groups in total. The van der Waals surface area contributed by atoms with Crippen LogP contribution in [0.5, 0.6) is 5.75 Å². The molecular weight excluding hydrogens is 362 g/mol. The fourth-order valence-electron chi connectivity index (χ4n) is 3.44.